The third kappa shape index (κ3) is 4.33. The van der Waals surface area contributed by atoms with Gasteiger partial charge in [-0.3, -0.25) is 14.9 Å². The monoisotopic (exact) mass is 235 g/mol. The van der Waals surface area contributed by atoms with Crippen LogP contribution in [0, 0.1) is 0 Å². The molecule has 1 rings (SSSR count). The minimum Gasteiger partial charge on any atom is -0.376 e. The van der Waals surface area contributed by atoms with Crippen LogP contribution >= 0.6 is 0 Å². The molecule has 0 bridgehead atoms. The van der Waals surface area contributed by atoms with E-state index in [9.17, 15) is 14.4 Å². The van der Waals surface area contributed by atoms with E-state index >= 15 is 0 Å². The summed E-state index contributed by atoms with van der Waals surface area (Å²) >= 11 is 0. The summed E-state index contributed by atoms with van der Waals surface area (Å²) in [6.45, 7) is 1.41. The van der Waals surface area contributed by atoms with Gasteiger partial charge in [0.2, 0.25) is 5.91 Å². The third-order valence-electron chi connectivity index (χ3n) is 2.01. The van der Waals surface area contributed by atoms with E-state index in [1.54, 1.807) is 24.3 Å². The van der Waals surface area contributed by atoms with Crippen molar-refractivity contribution in [3.05, 3.63) is 29.8 Å². The standard InChI is InChI=1S/C11H13N3O3/c1-7(15)8-2-4-9(5-3-8)13-6-10(16)14-11(12)17/h2-5,13H,6H2,1H3,(H3,12,14,16,17). The Morgan fingerprint density at radius 3 is 2.24 bits per heavy atom. The van der Waals surface area contributed by atoms with Gasteiger partial charge in [-0.2, -0.15) is 0 Å². The minimum absolute atomic E-state index is 0.0250. The van der Waals surface area contributed by atoms with Crippen molar-refractivity contribution in [3.63, 3.8) is 0 Å². The van der Waals surface area contributed by atoms with Gasteiger partial charge < -0.3 is 11.1 Å². The third-order valence-corrected chi connectivity index (χ3v) is 2.01. The van der Waals surface area contributed by atoms with Crippen LogP contribution in [0.2, 0.25) is 0 Å². The van der Waals surface area contributed by atoms with Gasteiger partial charge in [-0.1, -0.05) is 0 Å². The Labute approximate surface area is 98.2 Å². The number of hydrogen-bond acceptors (Lipinski definition) is 4. The fraction of sp³-hybridized carbons (Fsp3) is 0.182. The number of rotatable bonds is 4. The van der Waals surface area contributed by atoms with Crippen LogP contribution in [0.4, 0.5) is 10.5 Å². The molecule has 90 valence electrons. The lowest BCUT2D eigenvalue weighted by Crippen LogP contribution is -2.38. The van der Waals surface area contributed by atoms with Gasteiger partial charge in [-0.25, -0.2) is 4.79 Å². The number of primary amides is 1. The summed E-state index contributed by atoms with van der Waals surface area (Å²) in [7, 11) is 0. The van der Waals surface area contributed by atoms with E-state index in [1.165, 1.54) is 6.92 Å². The predicted octanol–water partition coefficient (Wildman–Crippen LogP) is 0.496. The van der Waals surface area contributed by atoms with Crippen LogP contribution in [0.3, 0.4) is 0 Å². The molecule has 0 aliphatic heterocycles. The Hall–Kier alpha value is -2.37. The largest absolute Gasteiger partial charge is 0.376 e. The number of Topliss-reactive ketones (excluding diaryl/α,β-unsaturated/α-hetero) is 1. The predicted molar refractivity (Wildman–Crippen MR) is 62.7 cm³/mol. The van der Waals surface area contributed by atoms with Gasteiger partial charge in [0.25, 0.3) is 0 Å². The molecule has 0 saturated heterocycles. The zero-order chi connectivity index (χ0) is 12.8. The molecule has 6 heteroatoms. The number of nitrogens with two attached hydrogens (primary N) is 1. The number of benzene rings is 1. The molecule has 17 heavy (non-hydrogen) atoms. The van der Waals surface area contributed by atoms with E-state index in [0.29, 0.717) is 11.3 Å². The van der Waals surface area contributed by atoms with E-state index in [-0.39, 0.29) is 12.3 Å². The van der Waals surface area contributed by atoms with E-state index in [4.69, 9.17) is 5.73 Å². The van der Waals surface area contributed by atoms with Crippen LogP contribution in [0.15, 0.2) is 24.3 Å². The topological polar surface area (TPSA) is 101 Å². The van der Waals surface area contributed by atoms with Crippen LogP contribution in [-0.4, -0.2) is 24.3 Å². The normalized spacial score (nSPS) is 9.47. The van der Waals surface area contributed by atoms with Gasteiger partial charge in [0.1, 0.15) is 0 Å². The number of carbonyl (C=O) groups excluding carboxylic acids is 3. The Bertz CT molecular complexity index is 440. The second kappa shape index (κ2) is 5.64. The SMILES string of the molecule is CC(=O)c1ccc(NCC(=O)NC(N)=O)cc1. The average Bonchev–Trinajstić information content (AvgIpc) is 2.26. The summed E-state index contributed by atoms with van der Waals surface area (Å²) in [5.41, 5.74) is 6.05. The molecule has 0 saturated carbocycles. The number of carbonyl (C=O) groups is 3. The lowest BCUT2D eigenvalue weighted by atomic mass is 10.1. The number of imide groups is 1. The van der Waals surface area contributed by atoms with E-state index in [0.717, 1.165) is 0 Å². The second-order valence-electron chi connectivity index (χ2n) is 3.40. The summed E-state index contributed by atoms with van der Waals surface area (Å²) in [5, 5.41) is 4.71. The Balaban J connectivity index is 2.50. The lowest BCUT2D eigenvalue weighted by molar-refractivity contribution is -0.118. The van der Waals surface area contributed by atoms with Gasteiger partial charge in [0, 0.05) is 11.3 Å². The molecular weight excluding hydrogens is 222 g/mol. The zero-order valence-electron chi connectivity index (χ0n) is 9.32. The molecule has 6 nitrogen and oxygen atoms in total. The highest BCUT2D eigenvalue weighted by Gasteiger charge is 2.04. The molecule has 1 aromatic rings. The van der Waals surface area contributed by atoms with Crippen LogP contribution in [0.1, 0.15) is 17.3 Å². The van der Waals surface area contributed by atoms with Gasteiger partial charge in [0.15, 0.2) is 5.78 Å². The first-order valence-corrected chi connectivity index (χ1v) is 4.93. The van der Waals surface area contributed by atoms with Crippen molar-refractivity contribution in [3.8, 4) is 0 Å². The highest BCUT2D eigenvalue weighted by molar-refractivity contribution is 5.96. The summed E-state index contributed by atoms with van der Waals surface area (Å²) in [6.07, 6.45) is 0. The molecule has 0 aliphatic rings. The van der Waals surface area contributed by atoms with E-state index in [2.05, 4.69) is 5.32 Å². The highest BCUT2D eigenvalue weighted by Crippen LogP contribution is 2.09. The van der Waals surface area contributed by atoms with Gasteiger partial charge in [-0.15, -0.1) is 0 Å². The van der Waals surface area contributed by atoms with Gasteiger partial charge >= 0.3 is 6.03 Å². The molecule has 0 radical (unpaired) electrons. The molecular formula is C11H13N3O3. The number of urea groups is 1. The molecule has 0 atom stereocenters. The van der Waals surface area contributed by atoms with Crippen molar-refractivity contribution in [1.82, 2.24) is 5.32 Å². The summed E-state index contributed by atoms with van der Waals surface area (Å²) in [6, 6.07) is 5.76. The van der Waals surface area contributed by atoms with E-state index in [1.807, 2.05) is 5.32 Å². The maximum atomic E-state index is 11.1. The maximum absolute atomic E-state index is 11.1. The highest BCUT2D eigenvalue weighted by atomic mass is 16.2. The van der Waals surface area contributed by atoms with Crippen LogP contribution in [0.5, 0.6) is 0 Å². The summed E-state index contributed by atoms with van der Waals surface area (Å²) in [4.78, 5) is 32.4. The zero-order valence-corrected chi connectivity index (χ0v) is 9.32. The number of anilines is 1. The van der Waals surface area contributed by atoms with Crippen molar-refractivity contribution in [2.75, 3.05) is 11.9 Å². The van der Waals surface area contributed by atoms with Crippen LogP contribution in [0.25, 0.3) is 0 Å². The number of amides is 3. The smallest absolute Gasteiger partial charge is 0.318 e. The van der Waals surface area contributed by atoms with Crippen LogP contribution < -0.4 is 16.4 Å². The first-order valence-electron chi connectivity index (χ1n) is 4.93. The fourth-order valence-electron chi connectivity index (χ4n) is 1.19. The van der Waals surface area contributed by atoms with Crippen molar-refractivity contribution in [2.45, 2.75) is 6.92 Å². The van der Waals surface area contributed by atoms with Gasteiger partial charge in [-0.05, 0) is 31.2 Å². The lowest BCUT2D eigenvalue weighted by Gasteiger charge is -2.06. The van der Waals surface area contributed by atoms with Crippen molar-refractivity contribution >= 4 is 23.4 Å². The number of ketones is 1. The molecule has 0 heterocycles. The van der Waals surface area contributed by atoms with Crippen molar-refractivity contribution in [2.24, 2.45) is 5.73 Å². The molecule has 0 fully saturated rings. The fourth-order valence-corrected chi connectivity index (χ4v) is 1.19. The summed E-state index contributed by atoms with van der Waals surface area (Å²) in [5.74, 6) is -0.545. The Kier molecular flexibility index (Phi) is 4.21. The van der Waals surface area contributed by atoms with Crippen molar-refractivity contribution in [1.29, 1.82) is 0 Å². The van der Waals surface area contributed by atoms with Gasteiger partial charge in [0.05, 0.1) is 6.54 Å². The maximum Gasteiger partial charge on any atom is 0.318 e. The molecule has 1 aromatic carbocycles. The first-order chi connectivity index (χ1) is 7.99. The molecule has 3 amide bonds. The molecule has 0 aromatic heterocycles. The first kappa shape index (κ1) is 12.7. The number of hydrogen-bond donors (Lipinski definition) is 3. The molecule has 0 spiro atoms. The van der Waals surface area contributed by atoms with Crippen molar-refractivity contribution < 1.29 is 14.4 Å². The Morgan fingerprint density at radius 2 is 1.76 bits per heavy atom. The second-order valence-corrected chi connectivity index (χ2v) is 3.40. The average molecular weight is 235 g/mol. The quantitative estimate of drug-likeness (QED) is 0.661. The Morgan fingerprint density at radius 1 is 1.18 bits per heavy atom. The summed E-state index contributed by atoms with van der Waals surface area (Å²) < 4.78 is 0. The molecule has 4 N–H and O–H groups in total. The van der Waals surface area contributed by atoms with Crippen LogP contribution in [-0.2, 0) is 4.79 Å². The minimum atomic E-state index is -0.885. The van der Waals surface area contributed by atoms with E-state index < -0.39 is 11.9 Å². The molecule has 0 unspecified atom stereocenters. The molecule has 0 aliphatic carbocycles. The number of nitrogens with one attached hydrogen (secondary N) is 2.